The highest BCUT2D eigenvalue weighted by Gasteiger charge is 2.22. The van der Waals surface area contributed by atoms with Gasteiger partial charge in [-0.15, -0.1) is 11.3 Å². The fraction of sp³-hybridized carbons (Fsp3) is 0.231. The molecule has 0 aliphatic carbocycles. The number of methoxy groups -OCH3 is 1. The van der Waals surface area contributed by atoms with Gasteiger partial charge in [-0.2, -0.15) is 0 Å². The molecule has 2 heterocycles. The summed E-state index contributed by atoms with van der Waals surface area (Å²) in [5.74, 6) is 0.0891. The standard InChI is InChI=1S/C26H25N3O4S/c1-16(2)22-13-20(19-9-5-6-10-21(19)28-22)25(31)33-14-18-15-34-26(27-18)29(17(3)30)23-11-7-8-12-24(23)32-4/h5-13,15-16H,14H2,1-4H3. The summed E-state index contributed by atoms with van der Waals surface area (Å²) in [5.41, 5.74) is 3.21. The monoisotopic (exact) mass is 475 g/mol. The van der Waals surface area contributed by atoms with E-state index in [1.165, 1.54) is 23.2 Å². The number of nitrogens with zero attached hydrogens (tertiary/aromatic N) is 3. The molecule has 4 rings (SSSR count). The Morgan fingerprint density at radius 2 is 1.79 bits per heavy atom. The van der Waals surface area contributed by atoms with Gasteiger partial charge in [0.25, 0.3) is 0 Å². The number of benzene rings is 2. The molecule has 2 aromatic heterocycles. The van der Waals surface area contributed by atoms with E-state index in [1.54, 1.807) is 30.7 Å². The van der Waals surface area contributed by atoms with Gasteiger partial charge in [0.1, 0.15) is 12.4 Å². The molecule has 1 amide bonds. The van der Waals surface area contributed by atoms with Crippen LogP contribution in [0.15, 0.2) is 60.0 Å². The van der Waals surface area contributed by atoms with Gasteiger partial charge in [-0.25, -0.2) is 9.78 Å². The minimum atomic E-state index is -0.441. The second-order valence-corrected chi connectivity index (χ2v) is 8.83. The molecule has 7 nitrogen and oxygen atoms in total. The van der Waals surface area contributed by atoms with E-state index >= 15 is 0 Å². The van der Waals surface area contributed by atoms with Crippen LogP contribution in [-0.4, -0.2) is 29.0 Å². The molecule has 0 atom stereocenters. The third kappa shape index (κ3) is 4.77. The van der Waals surface area contributed by atoms with Crippen LogP contribution in [0, 0.1) is 0 Å². The first kappa shape index (κ1) is 23.4. The van der Waals surface area contributed by atoms with E-state index in [0.717, 1.165) is 16.6 Å². The predicted octanol–water partition coefficient (Wildman–Crippen LogP) is 5.86. The second kappa shape index (κ2) is 10.0. The first-order valence-electron chi connectivity index (χ1n) is 10.8. The molecule has 0 bridgehead atoms. The lowest BCUT2D eigenvalue weighted by molar-refractivity contribution is -0.115. The molecule has 4 aromatic rings. The highest BCUT2D eigenvalue weighted by atomic mass is 32.1. The van der Waals surface area contributed by atoms with E-state index in [1.807, 2.05) is 50.2 Å². The van der Waals surface area contributed by atoms with E-state index < -0.39 is 5.97 Å². The number of hydrogen-bond acceptors (Lipinski definition) is 7. The third-order valence-corrected chi connectivity index (χ3v) is 6.15. The van der Waals surface area contributed by atoms with Gasteiger partial charge >= 0.3 is 5.97 Å². The number of pyridine rings is 1. The molecule has 2 aromatic carbocycles. The zero-order valence-electron chi connectivity index (χ0n) is 19.4. The van der Waals surface area contributed by atoms with Crippen molar-refractivity contribution in [1.82, 2.24) is 9.97 Å². The van der Waals surface area contributed by atoms with Gasteiger partial charge in [0.2, 0.25) is 5.91 Å². The number of hydrogen-bond donors (Lipinski definition) is 0. The average Bonchev–Trinajstić information content (AvgIpc) is 3.30. The number of carbonyl (C=O) groups is 2. The Bertz CT molecular complexity index is 1350. The molecule has 0 aliphatic rings. The number of ether oxygens (including phenoxy) is 2. The van der Waals surface area contributed by atoms with E-state index in [-0.39, 0.29) is 18.4 Å². The van der Waals surface area contributed by atoms with Gasteiger partial charge in [-0.05, 0) is 30.2 Å². The van der Waals surface area contributed by atoms with E-state index in [0.29, 0.717) is 27.8 Å². The van der Waals surface area contributed by atoms with Crippen LogP contribution < -0.4 is 9.64 Å². The predicted molar refractivity (Wildman–Crippen MR) is 133 cm³/mol. The minimum Gasteiger partial charge on any atom is -0.495 e. The van der Waals surface area contributed by atoms with Crippen molar-refractivity contribution < 1.29 is 19.1 Å². The summed E-state index contributed by atoms with van der Waals surface area (Å²) in [4.78, 5) is 36.1. The molecule has 8 heteroatoms. The van der Waals surface area contributed by atoms with Crippen LogP contribution >= 0.6 is 11.3 Å². The Labute approximate surface area is 202 Å². The molecular formula is C26H25N3O4S. The Hall–Kier alpha value is -3.78. The number of para-hydroxylation sites is 3. The fourth-order valence-corrected chi connectivity index (χ4v) is 4.43. The van der Waals surface area contributed by atoms with Crippen LogP contribution in [0.3, 0.4) is 0 Å². The molecule has 174 valence electrons. The van der Waals surface area contributed by atoms with Gasteiger partial charge in [-0.1, -0.05) is 44.2 Å². The summed E-state index contributed by atoms with van der Waals surface area (Å²) >= 11 is 1.29. The number of thiazole rings is 1. The van der Waals surface area contributed by atoms with Crippen molar-refractivity contribution in [3.8, 4) is 5.75 Å². The maximum absolute atomic E-state index is 13.0. The number of carbonyl (C=O) groups excluding carboxylic acids is 2. The second-order valence-electron chi connectivity index (χ2n) is 7.99. The summed E-state index contributed by atoms with van der Waals surface area (Å²) in [6.07, 6.45) is 0. The highest BCUT2D eigenvalue weighted by molar-refractivity contribution is 7.14. The summed E-state index contributed by atoms with van der Waals surface area (Å²) in [6, 6.07) is 16.6. The lowest BCUT2D eigenvalue weighted by Gasteiger charge is -2.20. The molecule has 0 N–H and O–H groups in total. The van der Waals surface area contributed by atoms with Crippen LogP contribution in [0.4, 0.5) is 10.8 Å². The van der Waals surface area contributed by atoms with Crippen molar-refractivity contribution in [3.63, 3.8) is 0 Å². The van der Waals surface area contributed by atoms with E-state index in [2.05, 4.69) is 9.97 Å². The third-order valence-electron chi connectivity index (χ3n) is 5.27. The number of rotatable bonds is 7. The zero-order valence-corrected chi connectivity index (χ0v) is 20.3. The van der Waals surface area contributed by atoms with Gasteiger partial charge in [0.15, 0.2) is 5.13 Å². The van der Waals surface area contributed by atoms with Crippen LogP contribution in [-0.2, 0) is 16.1 Å². The smallest absolute Gasteiger partial charge is 0.339 e. The molecule has 0 spiro atoms. The Morgan fingerprint density at radius 3 is 2.53 bits per heavy atom. The van der Waals surface area contributed by atoms with Crippen LogP contribution in [0.5, 0.6) is 5.75 Å². The number of aromatic nitrogens is 2. The summed E-state index contributed by atoms with van der Waals surface area (Å²) in [6.45, 7) is 5.52. The first-order valence-corrected chi connectivity index (χ1v) is 11.7. The Balaban J connectivity index is 1.56. The molecule has 0 aliphatic heterocycles. The summed E-state index contributed by atoms with van der Waals surface area (Å²) in [5, 5.41) is 2.99. The number of anilines is 2. The summed E-state index contributed by atoms with van der Waals surface area (Å²) in [7, 11) is 1.55. The molecule has 0 radical (unpaired) electrons. The zero-order chi connectivity index (χ0) is 24.2. The Kier molecular flexibility index (Phi) is 6.88. The van der Waals surface area contributed by atoms with Crippen molar-refractivity contribution in [2.45, 2.75) is 33.3 Å². The molecule has 34 heavy (non-hydrogen) atoms. The maximum atomic E-state index is 13.0. The number of amides is 1. The molecular weight excluding hydrogens is 450 g/mol. The summed E-state index contributed by atoms with van der Waals surface area (Å²) < 4.78 is 11.0. The largest absolute Gasteiger partial charge is 0.495 e. The van der Waals surface area contributed by atoms with Crippen LogP contribution in [0.2, 0.25) is 0 Å². The molecule has 0 saturated heterocycles. The Morgan fingerprint density at radius 1 is 1.06 bits per heavy atom. The first-order chi connectivity index (χ1) is 16.4. The minimum absolute atomic E-state index is 0.0132. The fourth-order valence-electron chi connectivity index (χ4n) is 3.56. The van der Waals surface area contributed by atoms with Crippen molar-refractivity contribution in [2.24, 2.45) is 0 Å². The molecule has 0 unspecified atom stereocenters. The van der Waals surface area contributed by atoms with Gasteiger partial charge in [0.05, 0.1) is 29.6 Å². The van der Waals surface area contributed by atoms with Crippen molar-refractivity contribution in [2.75, 3.05) is 12.0 Å². The highest BCUT2D eigenvalue weighted by Crippen LogP contribution is 2.35. The van der Waals surface area contributed by atoms with E-state index in [9.17, 15) is 9.59 Å². The van der Waals surface area contributed by atoms with E-state index in [4.69, 9.17) is 9.47 Å². The maximum Gasteiger partial charge on any atom is 0.339 e. The quantitative estimate of drug-likeness (QED) is 0.311. The van der Waals surface area contributed by atoms with Gasteiger partial charge < -0.3 is 9.47 Å². The lowest BCUT2D eigenvalue weighted by atomic mass is 10.0. The van der Waals surface area contributed by atoms with Crippen molar-refractivity contribution in [1.29, 1.82) is 0 Å². The SMILES string of the molecule is COc1ccccc1N(C(C)=O)c1nc(COC(=O)c2cc(C(C)C)nc3ccccc23)cs1. The van der Waals surface area contributed by atoms with Crippen LogP contribution in [0.25, 0.3) is 10.9 Å². The molecule has 0 fully saturated rings. The van der Waals surface area contributed by atoms with Crippen molar-refractivity contribution >= 4 is 44.9 Å². The average molecular weight is 476 g/mol. The normalized spacial score (nSPS) is 11.0. The van der Waals surface area contributed by atoms with Crippen LogP contribution in [0.1, 0.15) is 48.4 Å². The topological polar surface area (TPSA) is 81.6 Å². The number of esters is 1. The van der Waals surface area contributed by atoms with Gasteiger partial charge in [-0.3, -0.25) is 14.7 Å². The lowest BCUT2D eigenvalue weighted by Crippen LogP contribution is -2.23. The van der Waals surface area contributed by atoms with Crippen molar-refractivity contribution in [3.05, 3.63) is 76.9 Å². The number of fused-ring (bicyclic) bond motifs is 1. The van der Waals surface area contributed by atoms with Gasteiger partial charge in [0, 0.05) is 23.4 Å². The molecule has 0 saturated carbocycles.